The van der Waals surface area contributed by atoms with Crippen molar-refractivity contribution >= 4 is 35.4 Å². The normalized spacial score (nSPS) is 34.8. The maximum Gasteiger partial charge on any atom is 0.307 e. The minimum absolute atomic E-state index is 0.214. The molecule has 4 saturated heterocycles. The second kappa shape index (κ2) is 39.8. The molecule has 29 heteroatoms. The number of aliphatic hydroxyl groups excluding tert-OH is 13. The van der Waals surface area contributed by atoms with Gasteiger partial charge >= 0.3 is 23.9 Å². The second-order valence-corrected chi connectivity index (χ2v) is 27.6. The number of ketones is 2. The molecule has 576 valence electrons. The van der Waals surface area contributed by atoms with Gasteiger partial charge < -0.3 is 114 Å². The second-order valence-electron chi connectivity index (χ2n) is 27.6. The summed E-state index contributed by atoms with van der Waals surface area (Å²) in [5, 5.41) is 132. The third-order valence-electron chi connectivity index (χ3n) is 18.6. The molecule has 0 aromatic carbocycles. The molecule has 22 unspecified atom stereocenters. The smallest absolute Gasteiger partial charge is 0.307 e. The maximum absolute atomic E-state index is 13.3. The summed E-state index contributed by atoms with van der Waals surface area (Å²) in [7, 11) is 0. The van der Waals surface area contributed by atoms with E-state index < -0.39 is 215 Å². The van der Waals surface area contributed by atoms with Crippen molar-refractivity contribution in [1.82, 2.24) is 0 Å². The summed E-state index contributed by atoms with van der Waals surface area (Å²) in [6.07, 6.45) is -10.8. The summed E-state index contributed by atoms with van der Waals surface area (Å²) in [6.45, 7) is 24.3. The first-order valence-electron chi connectivity index (χ1n) is 34.2. The highest BCUT2D eigenvalue weighted by atomic mass is 16.7. The van der Waals surface area contributed by atoms with Crippen LogP contribution >= 0.6 is 0 Å². The molecule has 0 radical (unpaired) electrons. The van der Waals surface area contributed by atoms with Crippen LogP contribution < -0.4 is 0 Å². The number of carbonyl (C=O) groups excluding carboxylic acids is 6. The standard InChI is InChI=1S/C42H58O15.C32H48O14/c1-8-23(2)12-9-10-13-24(3)14-11-15-25(4)16-17-27-26(5)33(46)28(20-42(27,6)7)54-32(45)19-18-31(44)53-22-30-39(36(49)37(50)40(52)55-30)57-41-38(51)35(48)34(47)29(21-43)56-41;1-7-15(3)9-10-17-16(4)23(35)19(13-32(17,5)6)43-22(34)12-11-21(33)42-14-20-29(26(38)27(39)30(41)44-20)46-31-28(40)25(37)24(36)18(8-2)45-31/h8-17,28-30,34-41,43,47-52H,1,18-22H2,2-7H3;7,9-10,18-20,24-31,36-41H,8,11-14H2,1-6H3/b10-9+,14-11+,17-16+,23-12+,24-13+,25-15+;10-9+,15-7+. The molecular formula is C74H106O29. The third kappa shape index (κ3) is 24.1. The Balaban J connectivity index is 0.000000379. The van der Waals surface area contributed by atoms with E-state index in [9.17, 15) is 95.2 Å². The van der Waals surface area contributed by atoms with Gasteiger partial charge in [-0.15, -0.1) is 0 Å². The van der Waals surface area contributed by atoms with Crippen molar-refractivity contribution in [2.45, 2.75) is 263 Å². The SMILES string of the molecule is C/C=C(C)/C=C/C1=C(C)C(=O)C(OC(=O)CCC(=O)OCC2OC(O)C(O)C(O)C2OC2OC(CC)C(O)C(O)C2O)CC1(C)C.C=C/C(C)=C/C=C/C=C(C)/C=C/C=C(C)/C=C/C1=C(C)C(=O)C(OC(=O)CCC(=O)OCC2OC(O)C(O)C(O)C2OC2OC(CO)C(O)C(O)C2O)CC1(C)C. The molecular weight excluding hydrogens is 1350 g/mol. The van der Waals surface area contributed by atoms with Crippen LogP contribution in [0.1, 0.15) is 128 Å². The topological polar surface area (TPSA) is 458 Å². The molecule has 0 bridgehead atoms. The van der Waals surface area contributed by atoms with E-state index in [1.165, 1.54) is 0 Å². The molecule has 0 saturated carbocycles. The number of ether oxygens (including phenoxy) is 10. The number of rotatable bonds is 27. The van der Waals surface area contributed by atoms with Crippen LogP contribution in [0.2, 0.25) is 0 Å². The van der Waals surface area contributed by atoms with Gasteiger partial charge in [0, 0.05) is 12.8 Å². The fraction of sp³-hybridized carbons (Fsp3) is 0.622. The Kier molecular flexibility index (Phi) is 33.7. The van der Waals surface area contributed by atoms with Gasteiger partial charge in [-0.3, -0.25) is 28.8 Å². The van der Waals surface area contributed by atoms with Crippen LogP contribution in [0.3, 0.4) is 0 Å². The van der Waals surface area contributed by atoms with Gasteiger partial charge in [-0.25, -0.2) is 0 Å². The number of allylic oxidation sites excluding steroid dienone is 19. The quantitative estimate of drug-likeness (QED) is 0.0317. The zero-order chi connectivity index (χ0) is 77.1. The lowest BCUT2D eigenvalue weighted by Gasteiger charge is -2.45. The molecule has 6 aliphatic rings. The van der Waals surface area contributed by atoms with Crippen LogP contribution in [0.25, 0.3) is 0 Å². The number of esters is 4. The first kappa shape index (κ1) is 87.2. The highest BCUT2D eigenvalue weighted by molar-refractivity contribution is 6.02. The Bertz CT molecular complexity index is 3250. The van der Waals surface area contributed by atoms with Gasteiger partial charge in [0.15, 0.2) is 48.9 Å². The van der Waals surface area contributed by atoms with Crippen LogP contribution in [0.15, 0.2) is 130 Å². The van der Waals surface area contributed by atoms with Gasteiger partial charge in [-0.05, 0) is 88.0 Å². The number of hydrogen-bond donors (Lipinski definition) is 13. The molecule has 2 aliphatic carbocycles. The first-order chi connectivity index (χ1) is 48.3. The maximum atomic E-state index is 13.3. The minimum atomic E-state index is -1.93. The van der Waals surface area contributed by atoms with E-state index >= 15 is 0 Å². The molecule has 0 aromatic rings. The highest BCUT2D eigenvalue weighted by Crippen LogP contribution is 2.43. The van der Waals surface area contributed by atoms with Crippen molar-refractivity contribution in [2.24, 2.45) is 10.8 Å². The molecule has 0 spiro atoms. The molecule has 103 heavy (non-hydrogen) atoms. The van der Waals surface area contributed by atoms with Gasteiger partial charge in [0.05, 0.1) is 38.4 Å². The minimum Gasteiger partial charge on any atom is -0.463 e. The van der Waals surface area contributed by atoms with Crippen LogP contribution in [-0.4, -0.2) is 257 Å². The summed E-state index contributed by atoms with van der Waals surface area (Å²) < 4.78 is 53.9. The third-order valence-corrected chi connectivity index (χ3v) is 18.6. The van der Waals surface area contributed by atoms with Crippen LogP contribution in [0.5, 0.6) is 0 Å². The van der Waals surface area contributed by atoms with Gasteiger partial charge in [0.1, 0.15) is 105 Å². The summed E-state index contributed by atoms with van der Waals surface area (Å²) >= 11 is 0. The van der Waals surface area contributed by atoms with Crippen molar-refractivity contribution < 1.29 is 143 Å². The number of hydrogen-bond acceptors (Lipinski definition) is 29. The van der Waals surface area contributed by atoms with Gasteiger partial charge in [-0.2, -0.15) is 0 Å². The molecule has 4 fully saturated rings. The van der Waals surface area contributed by atoms with Crippen LogP contribution in [-0.2, 0) is 76.1 Å². The van der Waals surface area contributed by atoms with Gasteiger partial charge in [0.2, 0.25) is 0 Å². The Labute approximate surface area is 599 Å². The zero-order valence-electron chi connectivity index (χ0n) is 60.3. The highest BCUT2D eigenvalue weighted by Gasteiger charge is 2.53. The largest absolute Gasteiger partial charge is 0.463 e. The molecule has 29 nitrogen and oxygen atoms in total. The van der Waals surface area contributed by atoms with E-state index in [4.69, 9.17) is 47.4 Å². The average molecular weight is 1460 g/mol. The van der Waals surface area contributed by atoms with Crippen LogP contribution in [0.4, 0.5) is 0 Å². The Morgan fingerprint density at radius 2 is 0.864 bits per heavy atom. The molecule has 4 heterocycles. The van der Waals surface area contributed by atoms with Crippen molar-refractivity contribution in [3.05, 3.63) is 130 Å². The predicted molar refractivity (Wildman–Crippen MR) is 366 cm³/mol. The van der Waals surface area contributed by atoms with Crippen molar-refractivity contribution in [1.29, 1.82) is 0 Å². The van der Waals surface area contributed by atoms with E-state index in [2.05, 4.69) is 6.58 Å². The summed E-state index contributed by atoms with van der Waals surface area (Å²) in [6, 6.07) is 0. The Morgan fingerprint density at radius 3 is 1.27 bits per heavy atom. The number of carbonyl (C=O) groups is 6. The average Bonchev–Trinajstić information content (AvgIpc) is 0.799. The van der Waals surface area contributed by atoms with E-state index in [-0.39, 0.29) is 30.8 Å². The number of aliphatic hydroxyl groups is 13. The first-order valence-corrected chi connectivity index (χ1v) is 34.2. The summed E-state index contributed by atoms with van der Waals surface area (Å²) in [4.78, 5) is 76.9. The van der Waals surface area contributed by atoms with E-state index in [0.29, 0.717) is 11.1 Å². The van der Waals surface area contributed by atoms with Crippen LogP contribution in [0, 0.1) is 10.8 Å². The molecule has 6 rings (SSSR count). The molecule has 13 N–H and O–H groups in total. The van der Waals surface area contributed by atoms with Gasteiger partial charge in [0.25, 0.3) is 0 Å². The fourth-order valence-corrected chi connectivity index (χ4v) is 12.1. The monoisotopic (exact) mass is 1460 g/mol. The Hall–Kier alpha value is -6.40. The van der Waals surface area contributed by atoms with E-state index in [0.717, 1.165) is 33.4 Å². The van der Waals surface area contributed by atoms with Crippen molar-refractivity contribution in [3.8, 4) is 0 Å². The molecule has 0 aromatic heterocycles. The lowest BCUT2D eigenvalue weighted by molar-refractivity contribution is -0.355. The summed E-state index contributed by atoms with van der Waals surface area (Å²) in [5.41, 5.74) is 5.76. The van der Waals surface area contributed by atoms with E-state index in [1.54, 1.807) is 26.8 Å². The predicted octanol–water partition coefficient (Wildman–Crippen LogP) is 1.96. The lowest BCUT2D eigenvalue weighted by Crippen LogP contribution is -2.64. The molecule has 4 aliphatic heterocycles. The molecule has 22 atom stereocenters. The number of Topliss-reactive ketones (excluding diaryl/α,β-unsaturated/α-hetero) is 2. The zero-order valence-corrected chi connectivity index (χ0v) is 60.3. The molecule has 0 amide bonds. The van der Waals surface area contributed by atoms with Gasteiger partial charge in [-0.1, -0.05) is 142 Å². The Morgan fingerprint density at radius 1 is 0.485 bits per heavy atom. The van der Waals surface area contributed by atoms with Crippen molar-refractivity contribution in [3.63, 3.8) is 0 Å². The van der Waals surface area contributed by atoms with Crippen molar-refractivity contribution in [2.75, 3.05) is 19.8 Å². The summed E-state index contributed by atoms with van der Waals surface area (Å²) in [5.74, 6) is -4.03. The lowest BCUT2D eigenvalue weighted by atomic mass is 9.71. The fourth-order valence-electron chi connectivity index (χ4n) is 12.1. The van der Waals surface area contributed by atoms with E-state index in [1.807, 2.05) is 135 Å².